The SMILES string of the molecule is CCCC1CCC([C@H]2CC=C(C(F)(F)Oc3ccc(C#N)c(F)c3)CC2)CC1. The summed E-state index contributed by atoms with van der Waals surface area (Å²) in [5.41, 5.74) is -0.211. The maximum atomic E-state index is 14.5. The van der Waals surface area contributed by atoms with Crippen LogP contribution in [0.1, 0.15) is 70.3 Å². The Bertz CT molecular complexity index is 745. The van der Waals surface area contributed by atoms with Gasteiger partial charge in [-0.25, -0.2) is 4.39 Å². The first kappa shape index (κ1) is 20.8. The minimum absolute atomic E-state index is 0.0202. The molecule has 0 spiro atoms. The fourth-order valence-corrected chi connectivity index (χ4v) is 4.77. The first-order valence-corrected chi connectivity index (χ1v) is 10.4. The maximum Gasteiger partial charge on any atom is 0.422 e. The summed E-state index contributed by atoms with van der Waals surface area (Å²) in [6, 6.07) is 4.86. The second-order valence-corrected chi connectivity index (χ2v) is 8.21. The molecule has 0 heterocycles. The van der Waals surface area contributed by atoms with Crippen LogP contribution in [0.4, 0.5) is 13.2 Å². The van der Waals surface area contributed by atoms with Crippen LogP contribution in [0.15, 0.2) is 29.8 Å². The topological polar surface area (TPSA) is 33.0 Å². The van der Waals surface area contributed by atoms with E-state index in [2.05, 4.69) is 6.92 Å². The van der Waals surface area contributed by atoms with Crippen LogP contribution >= 0.6 is 0 Å². The van der Waals surface area contributed by atoms with E-state index in [1.165, 1.54) is 44.6 Å². The Labute approximate surface area is 165 Å². The predicted octanol–water partition coefficient (Wildman–Crippen LogP) is 7.00. The lowest BCUT2D eigenvalue weighted by Crippen LogP contribution is -2.31. The Hall–Kier alpha value is -1.96. The van der Waals surface area contributed by atoms with Gasteiger partial charge in [-0.1, -0.05) is 38.7 Å². The molecule has 1 aromatic rings. The zero-order chi connectivity index (χ0) is 20.1. The first-order chi connectivity index (χ1) is 13.4. The van der Waals surface area contributed by atoms with Gasteiger partial charge in [0.1, 0.15) is 17.6 Å². The van der Waals surface area contributed by atoms with Crippen LogP contribution in [0.3, 0.4) is 0 Å². The zero-order valence-electron chi connectivity index (χ0n) is 16.4. The molecule has 2 aliphatic carbocycles. The van der Waals surface area contributed by atoms with Gasteiger partial charge in [0, 0.05) is 11.6 Å². The number of benzene rings is 1. The normalized spacial score (nSPS) is 25.7. The van der Waals surface area contributed by atoms with Crippen LogP contribution in [0.5, 0.6) is 5.75 Å². The molecular weight excluding hydrogens is 363 g/mol. The van der Waals surface area contributed by atoms with Crippen LogP contribution in [-0.2, 0) is 0 Å². The highest BCUT2D eigenvalue weighted by Crippen LogP contribution is 2.43. The Balaban J connectivity index is 1.57. The highest BCUT2D eigenvalue weighted by Gasteiger charge is 2.40. The van der Waals surface area contributed by atoms with E-state index in [0.717, 1.165) is 24.5 Å². The molecule has 152 valence electrons. The van der Waals surface area contributed by atoms with Crippen LogP contribution in [-0.4, -0.2) is 6.11 Å². The first-order valence-electron chi connectivity index (χ1n) is 10.4. The number of rotatable bonds is 6. The van der Waals surface area contributed by atoms with Crippen molar-refractivity contribution in [2.45, 2.75) is 70.8 Å². The average Bonchev–Trinajstić information content (AvgIpc) is 2.69. The van der Waals surface area contributed by atoms with Crippen molar-refractivity contribution in [3.05, 3.63) is 41.2 Å². The second kappa shape index (κ2) is 9.03. The van der Waals surface area contributed by atoms with Gasteiger partial charge in [0.15, 0.2) is 0 Å². The monoisotopic (exact) mass is 391 g/mol. The minimum atomic E-state index is -3.45. The number of nitrogens with zero attached hydrogens (tertiary/aromatic N) is 1. The average molecular weight is 391 g/mol. The van der Waals surface area contributed by atoms with E-state index in [0.29, 0.717) is 24.7 Å². The molecule has 1 saturated carbocycles. The quantitative estimate of drug-likeness (QED) is 0.489. The molecule has 1 atom stereocenters. The van der Waals surface area contributed by atoms with Crippen LogP contribution < -0.4 is 4.74 Å². The molecule has 0 bridgehead atoms. The van der Waals surface area contributed by atoms with E-state index < -0.39 is 11.9 Å². The number of allylic oxidation sites excluding steroid dienone is 1. The third-order valence-corrected chi connectivity index (χ3v) is 6.39. The molecule has 5 heteroatoms. The zero-order valence-corrected chi connectivity index (χ0v) is 16.4. The van der Waals surface area contributed by atoms with Gasteiger partial charge < -0.3 is 4.74 Å². The molecule has 0 N–H and O–H groups in total. The summed E-state index contributed by atoms with van der Waals surface area (Å²) in [6.45, 7) is 2.23. The molecule has 0 saturated heterocycles. The fourth-order valence-electron chi connectivity index (χ4n) is 4.77. The van der Waals surface area contributed by atoms with Gasteiger partial charge in [0.2, 0.25) is 0 Å². The minimum Gasteiger partial charge on any atom is -0.429 e. The van der Waals surface area contributed by atoms with Crippen molar-refractivity contribution in [1.82, 2.24) is 0 Å². The van der Waals surface area contributed by atoms with E-state index in [9.17, 15) is 13.2 Å². The number of hydrogen-bond donors (Lipinski definition) is 0. The Morgan fingerprint density at radius 1 is 1.14 bits per heavy atom. The van der Waals surface area contributed by atoms with Crippen molar-refractivity contribution in [2.24, 2.45) is 17.8 Å². The molecule has 0 radical (unpaired) electrons. The Morgan fingerprint density at radius 2 is 1.89 bits per heavy atom. The Kier molecular flexibility index (Phi) is 6.69. The molecular formula is C23H28F3NO. The summed E-state index contributed by atoms with van der Waals surface area (Å²) < 4.78 is 47.5. The third kappa shape index (κ3) is 4.90. The summed E-state index contributed by atoms with van der Waals surface area (Å²) in [5.74, 6) is 0.856. The van der Waals surface area contributed by atoms with Crippen molar-refractivity contribution in [3.8, 4) is 11.8 Å². The van der Waals surface area contributed by atoms with Crippen molar-refractivity contribution < 1.29 is 17.9 Å². The van der Waals surface area contributed by atoms with E-state index >= 15 is 0 Å². The van der Waals surface area contributed by atoms with Crippen molar-refractivity contribution >= 4 is 0 Å². The number of hydrogen-bond acceptors (Lipinski definition) is 2. The molecule has 0 unspecified atom stereocenters. The molecule has 0 aromatic heterocycles. The number of alkyl halides is 2. The van der Waals surface area contributed by atoms with Gasteiger partial charge in [0.05, 0.1) is 5.56 Å². The van der Waals surface area contributed by atoms with Gasteiger partial charge in [-0.3, -0.25) is 0 Å². The summed E-state index contributed by atoms with van der Waals surface area (Å²) in [6.07, 6.45) is 7.44. The largest absolute Gasteiger partial charge is 0.429 e. The predicted molar refractivity (Wildman–Crippen MR) is 102 cm³/mol. The van der Waals surface area contributed by atoms with Crippen molar-refractivity contribution in [3.63, 3.8) is 0 Å². The maximum absolute atomic E-state index is 14.5. The standard InChI is InChI=1S/C23H28F3NO/c1-2-3-16-4-6-17(7-5-16)18-8-11-20(12-9-18)23(25,26)28-21-13-10-19(15-27)22(24)14-21/h10-11,13-14,16-18H,2-9,12H2,1H3/t16?,17?,18-/m0/s1. The summed E-state index contributed by atoms with van der Waals surface area (Å²) in [7, 11) is 0. The molecule has 28 heavy (non-hydrogen) atoms. The van der Waals surface area contributed by atoms with E-state index in [4.69, 9.17) is 10.00 Å². The van der Waals surface area contributed by atoms with Crippen LogP contribution in [0.25, 0.3) is 0 Å². The molecule has 3 rings (SSSR count). The van der Waals surface area contributed by atoms with Gasteiger partial charge in [-0.2, -0.15) is 14.0 Å². The van der Waals surface area contributed by atoms with Crippen molar-refractivity contribution in [1.29, 1.82) is 5.26 Å². The lowest BCUT2D eigenvalue weighted by atomic mass is 9.70. The van der Waals surface area contributed by atoms with E-state index in [-0.39, 0.29) is 16.9 Å². The van der Waals surface area contributed by atoms with Crippen molar-refractivity contribution in [2.75, 3.05) is 0 Å². The summed E-state index contributed by atoms with van der Waals surface area (Å²) >= 11 is 0. The van der Waals surface area contributed by atoms with Crippen LogP contribution in [0, 0.1) is 34.9 Å². The number of nitriles is 1. The molecule has 1 fully saturated rings. The molecule has 0 amide bonds. The van der Waals surface area contributed by atoms with E-state index in [1.54, 1.807) is 12.1 Å². The van der Waals surface area contributed by atoms with Gasteiger partial charge >= 0.3 is 6.11 Å². The molecule has 1 aromatic carbocycles. The summed E-state index contributed by atoms with van der Waals surface area (Å²) in [5, 5.41) is 8.73. The lowest BCUT2D eigenvalue weighted by Gasteiger charge is -2.36. The third-order valence-electron chi connectivity index (χ3n) is 6.39. The van der Waals surface area contributed by atoms with E-state index in [1.807, 2.05) is 0 Å². The molecule has 2 nitrogen and oxygen atoms in total. The second-order valence-electron chi connectivity index (χ2n) is 8.21. The molecule has 2 aliphatic rings. The number of halogens is 3. The highest BCUT2D eigenvalue weighted by molar-refractivity contribution is 5.36. The van der Waals surface area contributed by atoms with Gasteiger partial charge in [0.25, 0.3) is 0 Å². The lowest BCUT2D eigenvalue weighted by molar-refractivity contribution is -0.145. The Morgan fingerprint density at radius 3 is 2.46 bits per heavy atom. The van der Waals surface area contributed by atoms with Gasteiger partial charge in [-0.15, -0.1) is 0 Å². The summed E-state index contributed by atoms with van der Waals surface area (Å²) in [4.78, 5) is 0. The van der Waals surface area contributed by atoms with Crippen LogP contribution in [0.2, 0.25) is 0 Å². The number of ether oxygens (including phenoxy) is 1. The highest BCUT2D eigenvalue weighted by atomic mass is 19.3. The smallest absolute Gasteiger partial charge is 0.422 e. The van der Waals surface area contributed by atoms with Gasteiger partial charge in [-0.05, 0) is 62.0 Å². The molecule has 0 aliphatic heterocycles. The fraction of sp³-hybridized carbons (Fsp3) is 0.609.